The molecule has 0 atom stereocenters. The average molecular weight is 364 g/mol. The highest BCUT2D eigenvalue weighted by atomic mass is 16.2. The largest absolute Gasteiger partial charge is 0.337 e. The SMILES string of the molecule is Cc1cc(C(=O)N2CCC(n3c(C)cnc3-c3cccnc3)CC2)n(C)n1. The number of carbonyl (C=O) groups excluding carboxylic acids is 1. The summed E-state index contributed by atoms with van der Waals surface area (Å²) < 4.78 is 3.97. The van der Waals surface area contributed by atoms with Crippen molar-refractivity contribution < 1.29 is 4.79 Å². The van der Waals surface area contributed by atoms with E-state index in [4.69, 9.17) is 0 Å². The summed E-state index contributed by atoms with van der Waals surface area (Å²) in [6.45, 7) is 5.46. The van der Waals surface area contributed by atoms with Crippen molar-refractivity contribution >= 4 is 5.91 Å². The third-order valence-electron chi connectivity index (χ3n) is 5.24. The highest BCUT2D eigenvalue weighted by molar-refractivity contribution is 5.92. The first-order valence-corrected chi connectivity index (χ1v) is 9.28. The van der Waals surface area contributed by atoms with Crippen LogP contribution < -0.4 is 0 Å². The number of amides is 1. The number of aromatic nitrogens is 5. The smallest absolute Gasteiger partial charge is 0.272 e. The standard InChI is InChI=1S/C20H24N6O/c1-14-11-18(24(3)23-14)20(27)25-9-6-17(7-10-25)26-15(2)12-22-19(26)16-5-4-8-21-13-16/h4-5,8,11-13,17H,6-7,9-10H2,1-3H3. The molecule has 140 valence electrons. The summed E-state index contributed by atoms with van der Waals surface area (Å²) >= 11 is 0. The minimum Gasteiger partial charge on any atom is -0.337 e. The summed E-state index contributed by atoms with van der Waals surface area (Å²) in [4.78, 5) is 23.6. The van der Waals surface area contributed by atoms with Crippen LogP contribution in [-0.4, -0.2) is 48.2 Å². The Morgan fingerprint density at radius 1 is 1.19 bits per heavy atom. The molecule has 1 aliphatic heterocycles. The first kappa shape index (κ1) is 17.5. The Morgan fingerprint density at radius 3 is 2.59 bits per heavy atom. The number of imidazole rings is 1. The molecule has 7 nitrogen and oxygen atoms in total. The third kappa shape index (κ3) is 3.25. The second kappa shape index (κ2) is 6.98. The molecule has 7 heteroatoms. The van der Waals surface area contributed by atoms with Crippen LogP contribution in [-0.2, 0) is 7.05 Å². The molecular formula is C20H24N6O. The van der Waals surface area contributed by atoms with Crippen molar-refractivity contribution in [3.05, 3.63) is 53.9 Å². The van der Waals surface area contributed by atoms with Crippen molar-refractivity contribution in [3.63, 3.8) is 0 Å². The van der Waals surface area contributed by atoms with E-state index < -0.39 is 0 Å². The summed E-state index contributed by atoms with van der Waals surface area (Å²) in [5.74, 6) is 1.01. The molecule has 0 spiro atoms. The van der Waals surface area contributed by atoms with E-state index in [-0.39, 0.29) is 5.91 Å². The Balaban J connectivity index is 1.51. The van der Waals surface area contributed by atoms with E-state index in [1.165, 1.54) is 0 Å². The Bertz CT molecular complexity index is 950. The molecule has 0 unspecified atom stereocenters. The quantitative estimate of drug-likeness (QED) is 0.717. The van der Waals surface area contributed by atoms with Crippen LogP contribution >= 0.6 is 0 Å². The highest BCUT2D eigenvalue weighted by Gasteiger charge is 2.28. The molecule has 3 aromatic heterocycles. The Kier molecular flexibility index (Phi) is 4.51. The molecule has 1 saturated heterocycles. The zero-order valence-electron chi connectivity index (χ0n) is 16.0. The number of hydrogen-bond acceptors (Lipinski definition) is 4. The predicted molar refractivity (Wildman–Crippen MR) is 102 cm³/mol. The summed E-state index contributed by atoms with van der Waals surface area (Å²) in [5, 5.41) is 4.29. The van der Waals surface area contributed by atoms with Crippen molar-refractivity contribution in [1.29, 1.82) is 0 Å². The van der Waals surface area contributed by atoms with Crippen molar-refractivity contribution in [3.8, 4) is 11.4 Å². The van der Waals surface area contributed by atoms with E-state index in [9.17, 15) is 4.79 Å². The lowest BCUT2D eigenvalue weighted by Crippen LogP contribution is -2.40. The predicted octanol–water partition coefficient (Wildman–Crippen LogP) is 2.77. The fraction of sp³-hybridized carbons (Fsp3) is 0.400. The van der Waals surface area contributed by atoms with E-state index in [1.807, 2.05) is 49.5 Å². The Labute approximate surface area is 158 Å². The molecule has 0 N–H and O–H groups in total. The molecule has 3 aromatic rings. The lowest BCUT2D eigenvalue weighted by atomic mass is 10.0. The van der Waals surface area contributed by atoms with Crippen LogP contribution in [0.25, 0.3) is 11.4 Å². The van der Waals surface area contributed by atoms with Gasteiger partial charge in [0.2, 0.25) is 0 Å². The Hall–Kier alpha value is -2.96. The molecule has 1 aliphatic rings. The average Bonchev–Trinajstić information content (AvgIpc) is 3.23. The molecule has 4 rings (SSSR count). The van der Waals surface area contributed by atoms with E-state index in [2.05, 4.69) is 26.6 Å². The van der Waals surface area contributed by atoms with Crippen molar-refractivity contribution in [2.45, 2.75) is 32.7 Å². The van der Waals surface area contributed by atoms with E-state index >= 15 is 0 Å². The molecule has 0 aromatic carbocycles. The van der Waals surface area contributed by atoms with E-state index in [1.54, 1.807) is 10.9 Å². The number of piperidine rings is 1. The van der Waals surface area contributed by atoms with Gasteiger partial charge in [0, 0.05) is 56.0 Å². The van der Waals surface area contributed by atoms with Crippen LogP contribution in [0.1, 0.15) is 40.8 Å². The maximum Gasteiger partial charge on any atom is 0.272 e. The molecule has 27 heavy (non-hydrogen) atoms. The number of nitrogens with zero attached hydrogens (tertiary/aromatic N) is 6. The van der Waals surface area contributed by atoms with Crippen LogP contribution in [0, 0.1) is 13.8 Å². The van der Waals surface area contributed by atoms with Gasteiger partial charge < -0.3 is 9.47 Å². The van der Waals surface area contributed by atoms with Gasteiger partial charge in [0.05, 0.1) is 5.69 Å². The molecular weight excluding hydrogens is 340 g/mol. The molecule has 1 fully saturated rings. The van der Waals surface area contributed by atoms with Crippen LogP contribution in [0.2, 0.25) is 0 Å². The topological polar surface area (TPSA) is 68.8 Å². The van der Waals surface area contributed by atoms with Crippen molar-refractivity contribution in [2.75, 3.05) is 13.1 Å². The fourth-order valence-corrected chi connectivity index (χ4v) is 3.92. The normalized spacial score (nSPS) is 15.3. The number of aryl methyl sites for hydroxylation is 3. The third-order valence-corrected chi connectivity index (χ3v) is 5.24. The van der Waals surface area contributed by atoms with Crippen LogP contribution in [0.3, 0.4) is 0 Å². The van der Waals surface area contributed by atoms with Crippen LogP contribution in [0.5, 0.6) is 0 Å². The number of carbonyl (C=O) groups is 1. The minimum absolute atomic E-state index is 0.0615. The first-order valence-electron chi connectivity index (χ1n) is 9.28. The second-order valence-electron chi connectivity index (χ2n) is 7.15. The van der Waals surface area contributed by atoms with Gasteiger partial charge in [-0.15, -0.1) is 0 Å². The Morgan fingerprint density at radius 2 is 1.96 bits per heavy atom. The molecule has 0 bridgehead atoms. The summed E-state index contributed by atoms with van der Waals surface area (Å²) in [6, 6.07) is 6.16. The lowest BCUT2D eigenvalue weighted by molar-refractivity contribution is 0.0683. The van der Waals surface area contributed by atoms with E-state index in [0.29, 0.717) is 11.7 Å². The van der Waals surface area contributed by atoms with Gasteiger partial charge in [0.25, 0.3) is 5.91 Å². The second-order valence-corrected chi connectivity index (χ2v) is 7.15. The number of pyridine rings is 1. The summed E-state index contributed by atoms with van der Waals surface area (Å²) in [5.41, 5.74) is 3.68. The van der Waals surface area contributed by atoms with Crippen LogP contribution in [0.15, 0.2) is 36.8 Å². The summed E-state index contributed by atoms with van der Waals surface area (Å²) in [6.07, 6.45) is 7.36. The molecule has 0 radical (unpaired) electrons. The fourth-order valence-electron chi connectivity index (χ4n) is 3.92. The van der Waals surface area contributed by atoms with Gasteiger partial charge in [-0.2, -0.15) is 5.10 Å². The molecule has 1 amide bonds. The van der Waals surface area contributed by atoms with Gasteiger partial charge in [-0.25, -0.2) is 4.98 Å². The maximum absolute atomic E-state index is 12.8. The van der Waals surface area contributed by atoms with Crippen LogP contribution in [0.4, 0.5) is 0 Å². The number of hydrogen-bond donors (Lipinski definition) is 0. The van der Waals surface area contributed by atoms with Gasteiger partial charge in [-0.05, 0) is 44.9 Å². The maximum atomic E-state index is 12.8. The van der Waals surface area contributed by atoms with Gasteiger partial charge in [-0.1, -0.05) is 0 Å². The lowest BCUT2D eigenvalue weighted by Gasteiger charge is -2.33. The monoisotopic (exact) mass is 364 g/mol. The van der Waals surface area contributed by atoms with Gasteiger partial charge in [0.15, 0.2) is 0 Å². The highest BCUT2D eigenvalue weighted by Crippen LogP contribution is 2.30. The van der Waals surface area contributed by atoms with Crippen molar-refractivity contribution in [2.24, 2.45) is 7.05 Å². The minimum atomic E-state index is 0.0615. The van der Waals surface area contributed by atoms with Gasteiger partial charge >= 0.3 is 0 Å². The zero-order chi connectivity index (χ0) is 19.0. The molecule has 4 heterocycles. The molecule has 0 saturated carbocycles. The van der Waals surface area contributed by atoms with Crippen molar-refractivity contribution in [1.82, 2.24) is 29.2 Å². The van der Waals surface area contributed by atoms with Gasteiger partial charge in [-0.3, -0.25) is 14.5 Å². The van der Waals surface area contributed by atoms with Gasteiger partial charge in [0.1, 0.15) is 11.5 Å². The zero-order valence-corrected chi connectivity index (χ0v) is 16.0. The first-order chi connectivity index (χ1) is 13.0. The molecule has 0 aliphatic carbocycles. The number of rotatable bonds is 3. The van der Waals surface area contributed by atoms with E-state index in [0.717, 1.165) is 48.7 Å². The summed E-state index contributed by atoms with van der Waals surface area (Å²) in [7, 11) is 1.82. The number of likely N-dealkylation sites (tertiary alicyclic amines) is 1.